The summed E-state index contributed by atoms with van der Waals surface area (Å²) in [4.78, 5) is 19.1. The van der Waals surface area contributed by atoms with E-state index in [1.165, 1.54) is 19.9 Å². The molecule has 0 spiro atoms. The van der Waals surface area contributed by atoms with Gasteiger partial charge >= 0.3 is 0 Å². The summed E-state index contributed by atoms with van der Waals surface area (Å²) < 4.78 is 0. The quantitative estimate of drug-likeness (QED) is 0.258. The summed E-state index contributed by atoms with van der Waals surface area (Å²) in [7, 11) is 0. The Morgan fingerprint density at radius 1 is 1.03 bits per heavy atom. The molecule has 2 aromatic heterocycles. The summed E-state index contributed by atoms with van der Waals surface area (Å²) in [6.07, 6.45) is 2.95. The fourth-order valence-corrected chi connectivity index (χ4v) is 2.97. The number of para-hydroxylation sites is 1. The van der Waals surface area contributed by atoms with E-state index >= 15 is 0 Å². The van der Waals surface area contributed by atoms with Crippen molar-refractivity contribution >= 4 is 5.78 Å². The molecular formula is C26H30IrN3O3-. The van der Waals surface area contributed by atoms with Crippen LogP contribution in [0.2, 0.25) is 0 Å². The van der Waals surface area contributed by atoms with Crippen LogP contribution in [0, 0.1) is 0 Å². The standard InChI is InChI=1S/C21H22N3O.C5H8O2.Ir/c1-21(2,15-22-14-16-8-5-6-13-23-16)20-12-7-10-18(24-20)17-9-3-4-11-19(17)25;1-4(6)3-5(2)7;/h3-13,25H,14-15H2,1-2H3;3,6H,1-2H3;/q-1;;/b;4-3-;. The maximum atomic E-state index is 10.1. The first-order valence-electron chi connectivity index (χ1n) is 10.4. The van der Waals surface area contributed by atoms with Gasteiger partial charge in [0.15, 0.2) is 5.78 Å². The van der Waals surface area contributed by atoms with Gasteiger partial charge in [-0.05, 0) is 55.7 Å². The maximum absolute atomic E-state index is 10.1. The van der Waals surface area contributed by atoms with Gasteiger partial charge in [-0.25, -0.2) is 0 Å². The Kier molecular flexibility index (Phi) is 11.6. The van der Waals surface area contributed by atoms with Gasteiger partial charge in [0, 0.05) is 49.3 Å². The molecule has 0 aliphatic heterocycles. The molecule has 0 saturated carbocycles. The second-order valence-electron chi connectivity index (χ2n) is 8.07. The van der Waals surface area contributed by atoms with E-state index in [4.69, 9.17) is 10.1 Å². The monoisotopic (exact) mass is 625 g/mol. The number of nitrogens with zero attached hydrogens (tertiary/aromatic N) is 3. The minimum absolute atomic E-state index is 0. The second-order valence-corrected chi connectivity index (χ2v) is 8.07. The third-order valence-corrected chi connectivity index (χ3v) is 4.54. The van der Waals surface area contributed by atoms with Crippen molar-refractivity contribution < 1.29 is 35.1 Å². The number of benzene rings is 1. The van der Waals surface area contributed by atoms with Gasteiger partial charge in [0.2, 0.25) is 0 Å². The molecule has 7 heteroatoms. The summed E-state index contributed by atoms with van der Waals surface area (Å²) in [6.45, 7) is 8.36. The van der Waals surface area contributed by atoms with Gasteiger partial charge in [-0.2, -0.15) is 0 Å². The maximum Gasteiger partial charge on any atom is 0.155 e. The van der Waals surface area contributed by atoms with Crippen LogP contribution in [0.25, 0.3) is 16.6 Å². The molecule has 3 rings (SSSR count). The minimum atomic E-state index is -0.199. The van der Waals surface area contributed by atoms with Gasteiger partial charge in [0.05, 0.1) is 11.5 Å². The molecule has 0 aliphatic rings. The Morgan fingerprint density at radius 3 is 2.30 bits per heavy atom. The molecule has 0 fully saturated rings. The number of hydrogen-bond donors (Lipinski definition) is 2. The Balaban J connectivity index is 0.000000595. The number of phenolic OH excluding ortho intramolecular Hbond substituents is 1. The molecular weight excluding hydrogens is 595 g/mol. The Hall–Kier alpha value is -2.86. The predicted octanol–water partition coefficient (Wildman–Crippen LogP) is 5.74. The number of rotatable bonds is 7. The molecule has 2 N–H and O–H groups in total. The van der Waals surface area contributed by atoms with Crippen LogP contribution >= 0.6 is 0 Å². The number of aliphatic hydroxyl groups excluding tert-OH is 1. The van der Waals surface area contributed by atoms with Gasteiger partial charge in [0.1, 0.15) is 5.75 Å². The Bertz CT molecular complexity index is 1050. The van der Waals surface area contributed by atoms with E-state index in [0.717, 1.165) is 22.6 Å². The fraction of sp³-hybridized carbons (Fsp3) is 0.269. The smallest absolute Gasteiger partial charge is 0.155 e. The van der Waals surface area contributed by atoms with Gasteiger partial charge in [-0.1, -0.05) is 38.1 Å². The van der Waals surface area contributed by atoms with E-state index < -0.39 is 0 Å². The first-order valence-corrected chi connectivity index (χ1v) is 10.4. The average Bonchev–Trinajstić information content (AvgIpc) is 2.74. The number of pyridine rings is 2. The third kappa shape index (κ3) is 9.66. The molecule has 0 atom stereocenters. The van der Waals surface area contributed by atoms with E-state index in [1.54, 1.807) is 12.3 Å². The first-order chi connectivity index (χ1) is 15.2. The summed E-state index contributed by atoms with van der Waals surface area (Å²) in [6, 6.07) is 19.0. The van der Waals surface area contributed by atoms with Crippen LogP contribution < -0.4 is 0 Å². The van der Waals surface area contributed by atoms with Crippen molar-refractivity contribution in [2.75, 3.05) is 6.54 Å². The fourth-order valence-electron chi connectivity index (χ4n) is 2.97. The van der Waals surface area contributed by atoms with Gasteiger partial charge in [-0.3, -0.25) is 14.8 Å². The number of carbonyl (C=O) groups excluding carboxylic acids is 1. The number of carbonyl (C=O) groups is 1. The average molecular weight is 625 g/mol. The van der Waals surface area contributed by atoms with E-state index in [0.29, 0.717) is 13.1 Å². The molecule has 0 bridgehead atoms. The zero-order valence-corrected chi connectivity index (χ0v) is 21.7. The van der Waals surface area contributed by atoms with Crippen LogP contribution in [0.15, 0.2) is 78.7 Å². The normalized spacial score (nSPS) is 11.1. The van der Waals surface area contributed by atoms with E-state index in [9.17, 15) is 9.90 Å². The molecule has 0 unspecified atom stereocenters. The van der Waals surface area contributed by atoms with E-state index in [1.807, 2.05) is 54.6 Å². The molecule has 0 saturated heterocycles. The zero-order chi connectivity index (χ0) is 23.6. The van der Waals surface area contributed by atoms with Gasteiger partial charge in [-0.15, -0.1) is 13.1 Å². The molecule has 1 aromatic carbocycles. The SMILES string of the molecule is CC(=O)/C=C(/C)O.CC(C)(C[N-]Cc1ccccn1)c1cccc(-c2ccccc2O)n1.[Ir]. The van der Waals surface area contributed by atoms with E-state index in [2.05, 4.69) is 24.1 Å². The topological polar surface area (TPSA) is 97.4 Å². The third-order valence-electron chi connectivity index (χ3n) is 4.54. The number of aromatic hydroxyl groups is 1. The summed E-state index contributed by atoms with van der Waals surface area (Å²) in [5, 5.41) is 23.1. The van der Waals surface area contributed by atoms with Crippen molar-refractivity contribution in [1.82, 2.24) is 9.97 Å². The molecule has 6 nitrogen and oxygen atoms in total. The van der Waals surface area contributed by atoms with Crippen molar-refractivity contribution in [3.8, 4) is 17.0 Å². The Morgan fingerprint density at radius 2 is 1.73 bits per heavy atom. The van der Waals surface area contributed by atoms with Crippen molar-refractivity contribution in [2.24, 2.45) is 0 Å². The Labute approximate surface area is 209 Å². The molecule has 2 heterocycles. The van der Waals surface area contributed by atoms with Crippen LogP contribution in [0.4, 0.5) is 0 Å². The van der Waals surface area contributed by atoms with Gasteiger partial charge < -0.3 is 15.5 Å². The number of aromatic nitrogens is 2. The van der Waals surface area contributed by atoms with Crippen molar-refractivity contribution in [3.63, 3.8) is 0 Å². The summed E-state index contributed by atoms with van der Waals surface area (Å²) in [5.41, 5.74) is 3.24. The molecule has 0 aliphatic carbocycles. The second kappa shape index (κ2) is 13.6. The van der Waals surface area contributed by atoms with Crippen LogP contribution in [0.3, 0.4) is 0 Å². The first kappa shape index (κ1) is 28.2. The number of allylic oxidation sites excluding steroid dienone is 2. The van der Waals surface area contributed by atoms with Crippen molar-refractivity contribution in [2.45, 2.75) is 39.7 Å². The van der Waals surface area contributed by atoms with Crippen LogP contribution in [-0.4, -0.2) is 32.5 Å². The van der Waals surface area contributed by atoms with Crippen LogP contribution in [-0.2, 0) is 36.9 Å². The largest absolute Gasteiger partial charge is 0.656 e. The number of aliphatic hydroxyl groups is 1. The summed E-state index contributed by atoms with van der Waals surface area (Å²) in [5.74, 6) is 0.178. The number of hydrogen-bond acceptors (Lipinski definition) is 5. The number of ketones is 1. The molecule has 1 radical (unpaired) electrons. The van der Waals surface area contributed by atoms with Crippen LogP contribution in [0.5, 0.6) is 5.75 Å². The van der Waals surface area contributed by atoms with Gasteiger partial charge in [0.25, 0.3) is 0 Å². The molecule has 33 heavy (non-hydrogen) atoms. The molecule has 3 aromatic rings. The minimum Gasteiger partial charge on any atom is -0.656 e. The predicted molar refractivity (Wildman–Crippen MR) is 128 cm³/mol. The molecule has 177 valence electrons. The zero-order valence-electron chi connectivity index (χ0n) is 19.3. The summed E-state index contributed by atoms with van der Waals surface area (Å²) >= 11 is 0. The molecule has 0 amide bonds. The number of phenols is 1. The van der Waals surface area contributed by atoms with Crippen LogP contribution in [0.1, 0.15) is 39.1 Å². The van der Waals surface area contributed by atoms with Crippen molar-refractivity contribution in [3.05, 3.63) is 95.4 Å². The van der Waals surface area contributed by atoms with E-state index in [-0.39, 0.29) is 42.8 Å². The van der Waals surface area contributed by atoms with Crippen molar-refractivity contribution in [1.29, 1.82) is 0 Å².